The SMILES string of the molecule is Cc1cc(C)n(-c2ccc(NC(=O)CC3NC(=O)NC3=O)cn2)n1. The van der Waals surface area contributed by atoms with Crippen LogP contribution in [0, 0.1) is 13.8 Å². The Kier molecular flexibility index (Phi) is 3.98. The lowest BCUT2D eigenvalue weighted by atomic mass is 10.2. The number of rotatable bonds is 4. The zero-order valence-corrected chi connectivity index (χ0v) is 13.2. The van der Waals surface area contributed by atoms with Crippen LogP contribution in [0.1, 0.15) is 17.8 Å². The molecular weight excluding hydrogens is 312 g/mol. The van der Waals surface area contributed by atoms with Crippen molar-refractivity contribution >= 4 is 23.5 Å². The number of hydrogen-bond acceptors (Lipinski definition) is 5. The molecule has 1 saturated heterocycles. The number of carbonyl (C=O) groups is 3. The van der Waals surface area contributed by atoms with Gasteiger partial charge in [-0.05, 0) is 32.0 Å². The largest absolute Gasteiger partial charge is 0.325 e. The van der Waals surface area contributed by atoms with Crippen molar-refractivity contribution in [3.63, 3.8) is 0 Å². The lowest BCUT2D eigenvalue weighted by Crippen LogP contribution is -2.33. The Morgan fingerprint density at radius 3 is 2.67 bits per heavy atom. The maximum absolute atomic E-state index is 11.9. The number of imide groups is 1. The lowest BCUT2D eigenvalue weighted by Gasteiger charge is -2.09. The number of aromatic nitrogens is 3. The average Bonchev–Trinajstić information content (AvgIpc) is 3.01. The zero-order valence-electron chi connectivity index (χ0n) is 13.2. The van der Waals surface area contributed by atoms with Crippen molar-refractivity contribution in [1.29, 1.82) is 0 Å². The minimum absolute atomic E-state index is 0.142. The van der Waals surface area contributed by atoms with Crippen molar-refractivity contribution in [1.82, 2.24) is 25.4 Å². The van der Waals surface area contributed by atoms with Crippen molar-refractivity contribution < 1.29 is 14.4 Å². The third kappa shape index (κ3) is 3.24. The van der Waals surface area contributed by atoms with E-state index in [1.54, 1.807) is 16.8 Å². The summed E-state index contributed by atoms with van der Waals surface area (Å²) in [4.78, 5) is 38.6. The molecule has 3 heterocycles. The molecule has 1 aliphatic heterocycles. The highest BCUT2D eigenvalue weighted by Crippen LogP contribution is 2.13. The summed E-state index contributed by atoms with van der Waals surface area (Å²) < 4.78 is 1.71. The van der Waals surface area contributed by atoms with Gasteiger partial charge in [0.2, 0.25) is 5.91 Å². The van der Waals surface area contributed by atoms with E-state index in [9.17, 15) is 14.4 Å². The number of carbonyl (C=O) groups excluding carboxylic acids is 3. The number of nitrogens with one attached hydrogen (secondary N) is 3. The van der Waals surface area contributed by atoms with E-state index < -0.39 is 23.9 Å². The van der Waals surface area contributed by atoms with Crippen LogP contribution in [0.15, 0.2) is 24.4 Å². The molecule has 1 aliphatic rings. The molecule has 3 N–H and O–H groups in total. The molecule has 1 unspecified atom stereocenters. The van der Waals surface area contributed by atoms with E-state index in [2.05, 4.69) is 26.0 Å². The van der Waals surface area contributed by atoms with Crippen LogP contribution >= 0.6 is 0 Å². The Morgan fingerprint density at radius 1 is 1.33 bits per heavy atom. The second-order valence-electron chi connectivity index (χ2n) is 5.51. The van der Waals surface area contributed by atoms with Gasteiger partial charge < -0.3 is 10.6 Å². The number of anilines is 1. The number of amides is 4. The molecule has 0 spiro atoms. The van der Waals surface area contributed by atoms with Crippen LogP contribution in [0.25, 0.3) is 5.82 Å². The molecule has 1 fully saturated rings. The number of nitrogens with zero attached hydrogens (tertiary/aromatic N) is 3. The molecule has 0 bridgehead atoms. The molecule has 2 aromatic rings. The Bertz CT molecular complexity index is 811. The van der Waals surface area contributed by atoms with Gasteiger partial charge in [-0.1, -0.05) is 0 Å². The summed E-state index contributed by atoms with van der Waals surface area (Å²) >= 11 is 0. The summed E-state index contributed by atoms with van der Waals surface area (Å²) in [7, 11) is 0. The Labute approximate surface area is 137 Å². The predicted molar refractivity (Wildman–Crippen MR) is 84.5 cm³/mol. The van der Waals surface area contributed by atoms with E-state index in [-0.39, 0.29) is 6.42 Å². The van der Waals surface area contributed by atoms with Crippen LogP contribution in [0.3, 0.4) is 0 Å². The summed E-state index contributed by atoms with van der Waals surface area (Å²) in [6.45, 7) is 3.83. The first-order valence-electron chi connectivity index (χ1n) is 7.33. The van der Waals surface area contributed by atoms with Crippen LogP contribution in [0.5, 0.6) is 0 Å². The van der Waals surface area contributed by atoms with Crippen molar-refractivity contribution in [2.45, 2.75) is 26.3 Å². The summed E-state index contributed by atoms with van der Waals surface area (Å²) in [6, 6.07) is 3.94. The summed E-state index contributed by atoms with van der Waals surface area (Å²) in [5, 5.41) is 11.4. The molecule has 9 nitrogen and oxygen atoms in total. The van der Waals surface area contributed by atoms with Gasteiger partial charge in [0.15, 0.2) is 5.82 Å². The summed E-state index contributed by atoms with van der Waals surface area (Å²) in [5.41, 5.74) is 2.35. The first kappa shape index (κ1) is 15.7. The molecule has 1 atom stereocenters. The van der Waals surface area contributed by atoms with Gasteiger partial charge in [-0.3, -0.25) is 14.9 Å². The Balaban J connectivity index is 1.64. The fraction of sp³-hybridized carbons (Fsp3) is 0.267. The van der Waals surface area contributed by atoms with Gasteiger partial charge >= 0.3 is 6.03 Å². The normalized spacial score (nSPS) is 16.7. The second kappa shape index (κ2) is 6.11. The maximum atomic E-state index is 11.9. The standard InChI is InChI=1S/C15H16N6O3/c1-8-5-9(2)21(20-8)12-4-3-10(7-16-12)17-13(22)6-11-14(23)19-15(24)18-11/h3-5,7,11H,6H2,1-2H3,(H,17,22)(H2,18,19,23,24). The number of pyridine rings is 1. The highest BCUT2D eigenvalue weighted by atomic mass is 16.2. The smallest absolute Gasteiger partial charge is 0.322 e. The summed E-state index contributed by atoms with van der Waals surface area (Å²) in [5.74, 6) is -0.257. The molecular formula is C15H16N6O3. The van der Waals surface area contributed by atoms with Gasteiger partial charge in [-0.2, -0.15) is 5.10 Å². The van der Waals surface area contributed by atoms with E-state index in [1.807, 2.05) is 19.9 Å². The van der Waals surface area contributed by atoms with Crippen molar-refractivity contribution in [2.75, 3.05) is 5.32 Å². The number of aryl methyl sites for hydroxylation is 2. The predicted octanol–water partition coefficient (Wildman–Crippen LogP) is 0.421. The fourth-order valence-corrected chi connectivity index (χ4v) is 2.45. The fourth-order valence-electron chi connectivity index (χ4n) is 2.45. The molecule has 124 valence electrons. The van der Waals surface area contributed by atoms with Crippen LogP contribution < -0.4 is 16.0 Å². The monoisotopic (exact) mass is 328 g/mol. The van der Waals surface area contributed by atoms with Crippen LogP contribution in [-0.2, 0) is 9.59 Å². The molecule has 2 aromatic heterocycles. The lowest BCUT2D eigenvalue weighted by molar-refractivity contribution is -0.124. The molecule has 0 aliphatic carbocycles. The third-order valence-electron chi connectivity index (χ3n) is 3.51. The van der Waals surface area contributed by atoms with Gasteiger partial charge in [0.1, 0.15) is 6.04 Å². The van der Waals surface area contributed by atoms with Crippen molar-refractivity contribution in [2.24, 2.45) is 0 Å². The summed E-state index contributed by atoms with van der Waals surface area (Å²) in [6.07, 6.45) is 1.37. The minimum Gasteiger partial charge on any atom is -0.325 e. The van der Waals surface area contributed by atoms with Gasteiger partial charge in [-0.25, -0.2) is 14.5 Å². The Morgan fingerprint density at radius 2 is 2.12 bits per heavy atom. The molecule has 0 saturated carbocycles. The zero-order chi connectivity index (χ0) is 17.3. The van der Waals surface area contributed by atoms with E-state index in [0.29, 0.717) is 11.5 Å². The number of hydrogen-bond donors (Lipinski definition) is 3. The number of urea groups is 1. The first-order valence-corrected chi connectivity index (χ1v) is 7.33. The van der Waals surface area contributed by atoms with Crippen LogP contribution in [-0.4, -0.2) is 38.7 Å². The molecule has 24 heavy (non-hydrogen) atoms. The Hall–Kier alpha value is -3.23. The quantitative estimate of drug-likeness (QED) is 0.703. The van der Waals surface area contributed by atoms with E-state index in [4.69, 9.17) is 0 Å². The molecule has 0 aromatic carbocycles. The van der Waals surface area contributed by atoms with E-state index in [0.717, 1.165) is 11.4 Å². The van der Waals surface area contributed by atoms with Gasteiger partial charge in [0.25, 0.3) is 5.91 Å². The van der Waals surface area contributed by atoms with Crippen molar-refractivity contribution in [3.8, 4) is 5.82 Å². The first-order chi connectivity index (χ1) is 11.4. The van der Waals surface area contributed by atoms with Crippen LogP contribution in [0.4, 0.5) is 10.5 Å². The minimum atomic E-state index is -0.848. The average molecular weight is 328 g/mol. The van der Waals surface area contributed by atoms with Gasteiger partial charge in [0, 0.05) is 5.69 Å². The third-order valence-corrected chi connectivity index (χ3v) is 3.51. The van der Waals surface area contributed by atoms with Crippen molar-refractivity contribution in [3.05, 3.63) is 35.8 Å². The van der Waals surface area contributed by atoms with Gasteiger partial charge in [0.05, 0.1) is 24.0 Å². The molecule has 3 rings (SSSR count). The molecule has 9 heteroatoms. The van der Waals surface area contributed by atoms with Gasteiger partial charge in [-0.15, -0.1) is 0 Å². The highest BCUT2D eigenvalue weighted by Gasteiger charge is 2.31. The van der Waals surface area contributed by atoms with Crippen LogP contribution in [0.2, 0.25) is 0 Å². The van der Waals surface area contributed by atoms with E-state index in [1.165, 1.54) is 6.20 Å². The second-order valence-corrected chi connectivity index (χ2v) is 5.51. The topological polar surface area (TPSA) is 118 Å². The molecule has 0 radical (unpaired) electrons. The highest BCUT2D eigenvalue weighted by molar-refractivity contribution is 6.06. The molecule has 4 amide bonds. The van der Waals surface area contributed by atoms with E-state index >= 15 is 0 Å². The maximum Gasteiger partial charge on any atom is 0.322 e.